The lowest BCUT2D eigenvalue weighted by atomic mass is 10.1. The second-order valence-electron chi connectivity index (χ2n) is 5.76. The van der Waals surface area contributed by atoms with Gasteiger partial charge in [0.1, 0.15) is 0 Å². The van der Waals surface area contributed by atoms with Crippen molar-refractivity contribution in [3.63, 3.8) is 0 Å². The van der Waals surface area contributed by atoms with E-state index >= 15 is 0 Å². The van der Waals surface area contributed by atoms with Crippen LogP contribution in [0.2, 0.25) is 0 Å². The van der Waals surface area contributed by atoms with Gasteiger partial charge in [0.25, 0.3) is 5.91 Å². The van der Waals surface area contributed by atoms with Gasteiger partial charge in [-0.05, 0) is 41.9 Å². The van der Waals surface area contributed by atoms with E-state index in [-0.39, 0.29) is 17.7 Å². The van der Waals surface area contributed by atoms with Crippen LogP contribution in [-0.2, 0) is 9.59 Å². The molecule has 2 rings (SSSR count). The number of nitrogens with zero attached hydrogens (tertiary/aromatic N) is 1. The van der Waals surface area contributed by atoms with Gasteiger partial charge in [0.15, 0.2) is 15.8 Å². The summed E-state index contributed by atoms with van der Waals surface area (Å²) in [6.07, 6.45) is 2.03. The molecule has 0 saturated carbocycles. The largest absolute Gasteiger partial charge is 0.493 e. The third-order valence-corrected chi connectivity index (χ3v) is 4.63. The zero-order valence-corrected chi connectivity index (χ0v) is 16.1. The fourth-order valence-electron chi connectivity index (χ4n) is 2.20. The number of rotatable bonds is 6. The molecule has 1 aliphatic heterocycles. The molecule has 6 nitrogen and oxygen atoms in total. The third kappa shape index (κ3) is 4.73. The van der Waals surface area contributed by atoms with Crippen LogP contribution in [0.25, 0.3) is 6.08 Å². The lowest BCUT2D eigenvalue weighted by molar-refractivity contribution is -0.133. The first kappa shape index (κ1) is 19.3. The van der Waals surface area contributed by atoms with E-state index in [9.17, 15) is 9.59 Å². The molecule has 0 bridgehead atoms. The molecule has 0 unspecified atom stereocenters. The Balaban J connectivity index is 2.18. The number of ether oxygens (including phenoxy) is 2. The summed E-state index contributed by atoms with van der Waals surface area (Å²) in [4.78, 5) is 24.8. The summed E-state index contributed by atoms with van der Waals surface area (Å²) in [5, 5.41) is 1.12. The average molecular weight is 380 g/mol. The van der Waals surface area contributed by atoms with Crippen LogP contribution >= 0.6 is 24.0 Å². The zero-order valence-electron chi connectivity index (χ0n) is 14.5. The van der Waals surface area contributed by atoms with Gasteiger partial charge >= 0.3 is 0 Å². The van der Waals surface area contributed by atoms with Gasteiger partial charge in [-0.2, -0.15) is 5.01 Å². The van der Waals surface area contributed by atoms with Crippen molar-refractivity contribution in [2.24, 2.45) is 5.92 Å². The molecule has 1 aliphatic rings. The lowest BCUT2D eigenvalue weighted by Crippen LogP contribution is -2.45. The van der Waals surface area contributed by atoms with Gasteiger partial charge in [0.2, 0.25) is 5.91 Å². The molecule has 8 heteroatoms. The Labute approximate surface area is 156 Å². The zero-order chi connectivity index (χ0) is 18.6. The number of amides is 2. The molecule has 1 aromatic rings. The van der Waals surface area contributed by atoms with E-state index in [0.29, 0.717) is 27.1 Å². The molecule has 1 saturated heterocycles. The van der Waals surface area contributed by atoms with E-state index in [0.717, 1.165) is 22.3 Å². The fourth-order valence-corrected chi connectivity index (χ4v) is 3.38. The molecule has 1 N–H and O–H groups in total. The molecular formula is C17H20N2O4S2. The molecule has 1 aromatic carbocycles. The van der Waals surface area contributed by atoms with E-state index in [1.165, 1.54) is 0 Å². The second kappa shape index (κ2) is 8.35. The topological polar surface area (TPSA) is 67.9 Å². The summed E-state index contributed by atoms with van der Waals surface area (Å²) in [6, 6.07) is 5.34. The predicted molar refractivity (Wildman–Crippen MR) is 102 cm³/mol. The Kier molecular flexibility index (Phi) is 6.44. The van der Waals surface area contributed by atoms with Gasteiger partial charge in [-0.1, -0.05) is 31.7 Å². The van der Waals surface area contributed by atoms with E-state index in [4.69, 9.17) is 21.7 Å². The smallest absolute Gasteiger partial charge is 0.285 e. The molecule has 25 heavy (non-hydrogen) atoms. The second-order valence-corrected chi connectivity index (χ2v) is 7.44. The maximum absolute atomic E-state index is 12.5. The molecular weight excluding hydrogens is 360 g/mol. The number of nitrogens with one attached hydrogen (secondary N) is 1. The van der Waals surface area contributed by atoms with Crippen LogP contribution in [0, 0.1) is 5.92 Å². The number of thioether (sulfide) groups is 1. The number of hydrogen-bond donors (Lipinski definition) is 1. The quantitative estimate of drug-likeness (QED) is 0.604. The standard InChI is InChI=1S/C17H20N2O4S2/c1-10(2)7-15(20)18-19-16(21)14(25-17(19)24)9-11-5-6-12(22-3)13(8-11)23-4/h5-6,8-10H,7H2,1-4H3,(H,18,20)/b14-9-. The van der Waals surface area contributed by atoms with Crippen LogP contribution in [0.3, 0.4) is 0 Å². The third-order valence-electron chi connectivity index (χ3n) is 3.33. The summed E-state index contributed by atoms with van der Waals surface area (Å²) in [5.41, 5.74) is 3.33. The molecule has 0 aromatic heterocycles. The maximum Gasteiger partial charge on any atom is 0.285 e. The first-order valence-corrected chi connectivity index (χ1v) is 8.87. The summed E-state index contributed by atoms with van der Waals surface area (Å²) in [5.74, 6) is 0.784. The maximum atomic E-state index is 12.5. The highest BCUT2D eigenvalue weighted by atomic mass is 32.2. The van der Waals surface area contributed by atoms with Gasteiger partial charge in [-0.15, -0.1) is 0 Å². The molecule has 0 radical (unpaired) electrons. The lowest BCUT2D eigenvalue weighted by Gasteiger charge is -2.16. The van der Waals surface area contributed by atoms with Gasteiger partial charge in [-0.25, -0.2) is 0 Å². The highest BCUT2D eigenvalue weighted by molar-refractivity contribution is 8.26. The fraction of sp³-hybridized carbons (Fsp3) is 0.353. The molecule has 0 atom stereocenters. The Hall–Kier alpha value is -2.06. The minimum atomic E-state index is -0.345. The summed E-state index contributed by atoms with van der Waals surface area (Å²) >= 11 is 6.34. The number of carbonyl (C=O) groups is 2. The SMILES string of the molecule is COc1ccc(/C=C2\SC(=S)N(NC(=O)CC(C)C)C2=O)cc1OC. The highest BCUT2D eigenvalue weighted by Crippen LogP contribution is 2.33. The Morgan fingerprint density at radius 1 is 1.32 bits per heavy atom. The molecule has 0 spiro atoms. The predicted octanol–water partition coefficient (Wildman–Crippen LogP) is 2.98. The van der Waals surface area contributed by atoms with Crippen molar-refractivity contribution in [1.82, 2.24) is 10.4 Å². The number of hydrogen-bond acceptors (Lipinski definition) is 6. The Bertz CT molecular complexity index is 731. The van der Waals surface area contributed by atoms with Gasteiger partial charge in [-0.3, -0.25) is 15.0 Å². The monoisotopic (exact) mass is 380 g/mol. The van der Waals surface area contributed by atoms with Crippen molar-refractivity contribution < 1.29 is 19.1 Å². The van der Waals surface area contributed by atoms with Gasteiger partial charge in [0, 0.05) is 6.42 Å². The van der Waals surface area contributed by atoms with Crippen LogP contribution < -0.4 is 14.9 Å². The Morgan fingerprint density at radius 3 is 2.60 bits per heavy atom. The van der Waals surface area contributed by atoms with Crippen molar-refractivity contribution in [3.8, 4) is 11.5 Å². The van der Waals surface area contributed by atoms with Crippen molar-refractivity contribution in [2.75, 3.05) is 14.2 Å². The number of methoxy groups -OCH3 is 2. The summed E-state index contributed by atoms with van der Waals surface area (Å²) in [6.45, 7) is 3.86. The molecule has 134 valence electrons. The molecule has 1 heterocycles. The van der Waals surface area contributed by atoms with Gasteiger partial charge < -0.3 is 9.47 Å². The van der Waals surface area contributed by atoms with E-state index in [2.05, 4.69) is 5.43 Å². The van der Waals surface area contributed by atoms with Crippen LogP contribution in [-0.4, -0.2) is 35.4 Å². The first-order chi connectivity index (χ1) is 11.8. The minimum Gasteiger partial charge on any atom is -0.493 e. The van der Waals surface area contributed by atoms with Crippen LogP contribution in [0.5, 0.6) is 11.5 Å². The Morgan fingerprint density at radius 2 is 2.00 bits per heavy atom. The van der Waals surface area contributed by atoms with Crippen molar-refractivity contribution in [2.45, 2.75) is 20.3 Å². The van der Waals surface area contributed by atoms with Gasteiger partial charge in [0.05, 0.1) is 19.1 Å². The number of thiocarbonyl (C=S) groups is 1. The summed E-state index contributed by atoms with van der Waals surface area (Å²) in [7, 11) is 3.11. The number of carbonyl (C=O) groups excluding carboxylic acids is 2. The van der Waals surface area contributed by atoms with Crippen LogP contribution in [0.4, 0.5) is 0 Å². The molecule has 1 fully saturated rings. The van der Waals surface area contributed by atoms with Crippen molar-refractivity contribution in [1.29, 1.82) is 0 Å². The summed E-state index contributed by atoms with van der Waals surface area (Å²) < 4.78 is 10.8. The average Bonchev–Trinajstić information content (AvgIpc) is 2.81. The number of hydrazine groups is 1. The normalized spacial score (nSPS) is 15.9. The van der Waals surface area contributed by atoms with E-state index < -0.39 is 0 Å². The highest BCUT2D eigenvalue weighted by Gasteiger charge is 2.33. The van der Waals surface area contributed by atoms with E-state index in [1.54, 1.807) is 32.4 Å². The molecule has 0 aliphatic carbocycles. The van der Waals surface area contributed by atoms with Crippen molar-refractivity contribution >= 4 is 46.2 Å². The van der Waals surface area contributed by atoms with Crippen LogP contribution in [0.1, 0.15) is 25.8 Å². The van der Waals surface area contributed by atoms with Crippen LogP contribution in [0.15, 0.2) is 23.1 Å². The minimum absolute atomic E-state index is 0.195. The van der Waals surface area contributed by atoms with E-state index in [1.807, 2.05) is 19.9 Å². The first-order valence-electron chi connectivity index (χ1n) is 7.65. The number of benzene rings is 1. The molecule has 2 amide bonds. The van der Waals surface area contributed by atoms with Crippen molar-refractivity contribution in [3.05, 3.63) is 28.7 Å².